The average molecular weight is 293 g/mol. The summed E-state index contributed by atoms with van der Waals surface area (Å²) >= 11 is 6.56. The van der Waals surface area contributed by atoms with E-state index in [1.165, 1.54) is 18.3 Å². The molecule has 0 saturated heterocycles. The van der Waals surface area contributed by atoms with Crippen LogP contribution >= 0.6 is 23.4 Å². The van der Waals surface area contributed by atoms with Crippen molar-refractivity contribution < 1.29 is 13.2 Å². The zero-order valence-corrected chi connectivity index (χ0v) is 10.8. The number of aromatic nitrogens is 2. The van der Waals surface area contributed by atoms with Gasteiger partial charge in [0.15, 0.2) is 5.16 Å². The molecule has 0 unspecified atom stereocenters. The van der Waals surface area contributed by atoms with Gasteiger partial charge in [0, 0.05) is 29.4 Å². The van der Waals surface area contributed by atoms with Crippen molar-refractivity contribution in [3.63, 3.8) is 0 Å². The van der Waals surface area contributed by atoms with Crippen LogP contribution in [0.15, 0.2) is 40.6 Å². The molecular weight excluding hydrogens is 285 g/mol. The summed E-state index contributed by atoms with van der Waals surface area (Å²) in [5.74, 6) is 0. The van der Waals surface area contributed by atoms with Gasteiger partial charge in [0.25, 0.3) is 0 Å². The minimum Gasteiger partial charge on any atom is -0.329 e. The second-order valence-electron chi connectivity index (χ2n) is 3.56. The van der Waals surface area contributed by atoms with Crippen LogP contribution < -0.4 is 0 Å². The first kappa shape index (κ1) is 13.3. The normalized spacial score (nSPS) is 11.8. The maximum Gasteiger partial charge on any atom is 0.417 e. The highest BCUT2D eigenvalue weighted by atomic mass is 35.5. The zero-order valence-electron chi connectivity index (χ0n) is 9.20. The Morgan fingerprint density at radius 2 is 2.06 bits per heavy atom. The van der Waals surface area contributed by atoms with Gasteiger partial charge in [0.1, 0.15) is 0 Å². The first-order valence-corrected chi connectivity index (χ1v) is 6.09. The molecule has 96 valence electrons. The van der Waals surface area contributed by atoms with Crippen LogP contribution in [0.3, 0.4) is 0 Å². The number of rotatable bonds is 2. The Morgan fingerprint density at radius 1 is 1.33 bits per heavy atom. The molecule has 2 rings (SSSR count). The Morgan fingerprint density at radius 3 is 2.61 bits per heavy atom. The maximum atomic E-state index is 12.9. The molecule has 18 heavy (non-hydrogen) atoms. The molecule has 1 aromatic heterocycles. The van der Waals surface area contributed by atoms with Crippen LogP contribution in [-0.4, -0.2) is 9.55 Å². The molecule has 2 nitrogen and oxygen atoms in total. The predicted octanol–water partition coefficient (Wildman–Crippen LogP) is 4.24. The first-order chi connectivity index (χ1) is 8.38. The predicted molar refractivity (Wildman–Crippen MR) is 63.8 cm³/mol. The monoisotopic (exact) mass is 292 g/mol. The van der Waals surface area contributed by atoms with Gasteiger partial charge in [-0.25, -0.2) is 4.98 Å². The van der Waals surface area contributed by atoms with Crippen LogP contribution in [0.5, 0.6) is 0 Å². The Labute approximate surface area is 111 Å². The van der Waals surface area contributed by atoms with Gasteiger partial charge in [-0.3, -0.25) is 0 Å². The molecule has 0 atom stereocenters. The maximum absolute atomic E-state index is 12.9. The number of aryl methyl sites for hydroxylation is 1. The average Bonchev–Trinajstić information content (AvgIpc) is 2.66. The highest BCUT2D eigenvalue weighted by Gasteiger charge is 2.34. The molecule has 0 aliphatic heterocycles. The second kappa shape index (κ2) is 4.85. The molecule has 0 aliphatic rings. The number of imidazole rings is 1. The van der Waals surface area contributed by atoms with Gasteiger partial charge in [-0.2, -0.15) is 13.2 Å². The van der Waals surface area contributed by atoms with Crippen molar-refractivity contribution >= 4 is 23.4 Å². The van der Waals surface area contributed by atoms with Crippen LogP contribution in [0.2, 0.25) is 5.02 Å². The van der Waals surface area contributed by atoms with E-state index in [9.17, 15) is 13.2 Å². The number of hydrogen-bond acceptors (Lipinski definition) is 2. The lowest BCUT2D eigenvalue weighted by Crippen LogP contribution is -2.07. The van der Waals surface area contributed by atoms with Crippen molar-refractivity contribution in [2.24, 2.45) is 7.05 Å². The second-order valence-corrected chi connectivity index (χ2v) is 5.01. The van der Waals surface area contributed by atoms with Crippen molar-refractivity contribution in [2.75, 3.05) is 0 Å². The molecular formula is C11H8ClF3N2S. The number of hydrogen-bond donors (Lipinski definition) is 0. The molecule has 0 amide bonds. The van der Waals surface area contributed by atoms with Gasteiger partial charge in [-0.05, 0) is 18.2 Å². The minimum absolute atomic E-state index is 0.0616. The lowest BCUT2D eigenvalue weighted by Gasteiger charge is -2.12. The number of nitrogens with zero attached hydrogens (tertiary/aromatic N) is 2. The summed E-state index contributed by atoms with van der Waals surface area (Å²) in [6, 6.07) is 3.71. The molecule has 1 heterocycles. The zero-order chi connectivity index (χ0) is 13.3. The third kappa shape index (κ3) is 2.81. The van der Waals surface area contributed by atoms with E-state index in [2.05, 4.69) is 4.98 Å². The van der Waals surface area contributed by atoms with E-state index in [1.807, 2.05) is 0 Å². The highest BCUT2D eigenvalue weighted by Crippen LogP contribution is 2.40. The summed E-state index contributed by atoms with van der Waals surface area (Å²) in [4.78, 5) is 4.07. The van der Waals surface area contributed by atoms with Gasteiger partial charge in [-0.15, -0.1) is 0 Å². The van der Waals surface area contributed by atoms with E-state index in [0.717, 1.165) is 17.8 Å². The molecule has 0 N–H and O–H groups in total. The summed E-state index contributed by atoms with van der Waals surface area (Å²) in [6.45, 7) is 0. The molecule has 0 spiro atoms. The van der Waals surface area contributed by atoms with Crippen molar-refractivity contribution in [1.82, 2.24) is 9.55 Å². The summed E-state index contributed by atoms with van der Waals surface area (Å²) in [7, 11) is 1.72. The Balaban J connectivity index is 2.42. The lowest BCUT2D eigenvalue weighted by atomic mass is 10.2. The van der Waals surface area contributed by atoms with Crippen LogP contribution in [0.1, 0.15) is 5.56 Å². The molecule has 0 radical (unpaired) electrons. The standard InChI is InChI=1S/C11H8ClF3N2S/c1-17-5-4-16-10(17)18-9-3-2-7(12)6-8(9)11(13,14)15/h2-6H,1H3. The summed E-state index contributed by atoms with van der Waals surface area (Å²) in [5.41, 5.74) is -0.747. The Kier molecular flexibility index (Phi) is 3.59. The van der Waals surface area contributed by atoms with Crippen LogP contribution in [0.4, 0.5) is 13.2 Å². The van der Waals surface area contributed by atoms with Gasteiger partial charge in [0.05, 0.1) is 5.56 Å². The van der Waals surface area contributed by atoms with Gasteiger partial charge in [0.2, 0.25) is 0 Å². The van der Waals surface area contributed by atoms with Crippen LogP contribution in [0.25, 0.3) is 0 Å². The van der Waals surface area contributed by atoms with E-state index in [1.54, 1.807) is 17.8 Å². The Hall–Kier alpha value is -1.14. The largest absolute Gasteiger partial charge is 0.417 e. The topological polar surface area (TPSA) is 17.8 Å². The lowest BCUT2D eigenvalue weighted by molar-refractivity contribution is -0.139. The Bertz CT molecular complexity index is 566. The third-order valence-electron chi connectivity index (χ3n) is 2.23. The minimum atomic E-state index is -4.43. The van der Waals surface area contributed by atoms with Gasteiger partial charge in [-0.1, -0.05) is 23.4 Å². The SMILES string of the molecule is Cn1ccnc1Sc1ccc(Cl)cc1C(F)(F)F. The molecule has 0 fully saturated rings. The van der Waals surface area contributed by atoms with E-state index >= 15 is 0 Å². The van der Waals surface area contributed by atoms with Gasteiger partial charge >= 0.3 is 6.18 Å². The quantitative estimate of drug-likeness (QED) is 0.824. The number of alkyl halides is 3. The van der Waals surface area contributed by atoms with Crippen molar-refractivity contribution in [3.05, 3.63) is 41.2 Å². The van der Waals surface area contributed by atoms with Gasteiger partial charge < -0.3 is 4.57 Å². The van der Waals surface area contributed by atoms with Crippen molar-refractivity contribution in [3.8, 4) is 0 Å². The third-order valence-corrected chi connectivity index (χ3v) is 3.61. The van der Waals surface area contributed by atoms with Crippen LogP contribution in [-0.2, 0) is 13.2 Å². The summed E-state index contributed by atoms with van der Waals surface area (Å²) in [6.07, 6.45) is -1.23. The van der Waals surface area contributed by atoms with Crippen LogP contribution in [0, 0.1) is 0 Å². The fourth-order valence-electron chi connectivity index (χ4n) is 1.36. The van der Waals surface area contributed by atoms with E-state index in [0.29, 0.717) is 5.16 Å². The number of benzene rings is 1. The highest BCUT2D eigenvalue weighted by molar-refractivity contribution is 7.99. The summed E-state index contributed by atoms with van der Waals surface area (Å²) in [5, 5.41) is 0.550. The van der Waals surface area contributed by atoms with E-state index in [4.69, 9.17) is 11.6 Å². The molecule has 7 heteroatoms. The van der Waals surface area contributed by atoms with Crippen molar-refractivity contribution in [2.45, 2.75) is 16.2 Å². The molecule has 0 bridgehead atoms. The summed E-state index contributed by atoms with van der Waals surface area (Å²) < 4.78 is 40.2. The van der Waals surface area contributed by atoms with Crippen molar-refractivity contribution in [1.29, 1.82) is 0 Å². The molecule has 0 saturated carbocycles. The molecule has 1 aromatic carbocycles. The number of halogens is 4. The molecule has 2 aromatic rings. The first-order valence-electron chi connectivity index (χ1n) is 4.90. The van der Waals surface area contributed by atoms with E-state index < -0.39 is 11.7 Å². The fraction of sp³-hybridized carbons (Fsp3) is 0.182. The molecule has 0 aliphatic carbocycles. The fourth-order valence-corrected chi connectivity index (χ4v) is 2.47. The smallest absolute Gasteiger partial charge is 0.329 e. The van der Waals surface area contributed by atoms with E-state index in [-0.39, 0.29) is 9.92 Å².